The second-order valence-electron chi connectivity index (χ2n) is 3.94. The number of nitrogens with two attached hydrogens (primary N) is 1. The molecular formula is C13H12N4O. The average molecular weight is 240 g/mol. The van der Waals surface area contributed by atoms with Gasteiger partial charge < -0.3 is 10.5 Å². The molecule has 0 aliphatic heterocycles. The van der Waals surface area contributed by atoms with E-state index in [9.17, 15) is 0 Å². The number of hydrogen-bond donors (Lipinski definition) is 1. The Morgan fingerprint density at radius 2 is 1.89 bits per heavy atom. The van der Waals surface area contributed by atoms with Crippen molar-refractivity contribution < 1.29 is 4.74 Å². The average Bonchev–Trinajstić information content (AvgIpc) is 2.81. The van der Waals surface area contributed by atoms with E-state index >= 15 is 0 Å². The Morgan fingerprint density at radius 3 is 2.72 bits per heavy atom. The molecule has 0 bridgehead atoms. The van der Waals surface area contributed by atoms with Crippen molar-refractivity contribution in [1.29, 1.82) is 0 Å². The van der Waals surface area contributed by atoms with Crippen molar-refractivity contribution >= 4 is 16.7 Å². The number of anilines is 1. The molecule has 90 valence electrons. The first-order valence-electron chi connectivity index (χ1n) is 5.53. The van der Waals surface area contributed by atoms with E-state index in [2.05, 4.69) is 10.2 Å². The zero-order chi connectivity index (χ0) is 12.5. The van der Waals surface area contributed by atoms with Gasteiger partial charge >= 0.3 is 0 Å². The van der Waals surface area contributed by atoms with Gasteiger partial charge in [-0.3, -0.25) is 0 Å². The summed E-state index contributed by atoms with van der Waals surface area (Å²) in [6.07, 6.45) is 0. The van der Waals surface area contributed by atoms with Gasteiger partial charge in [-0.15, -0.1) is 10.2 Å². The topological polar surface area (TPSA) is 66.0 Å². The lowest BCUT2D eigenvalue weighted by molar-refractivity contribution is 0.414. The second-order valence-corrected chi connectivity index (χ2v) is 3.94. The fourth-order valence-corrected chi connectivity index (χ4v) is 1.78. The number of rotatable bonds is 2. The highest BCUT2D eigenvalue weighted by Gasteiger charge is 2.05. The van der Waals surface area contributed by atoms with Gasteiger partial charge in [-0.25, -0.2) is 0 Å². The van der Waals surface area contributed by atoms with Crippen LogP contribution in [0.1, 0.15) is 0 Å². The molecule has 18 heavy (non-hydrogen) atoms. The van der Waals surface area contributed by atoms with E-state index < -0.39 is 0 Å². The number of methoxy groups -OCH3 is 1. The van der Waals surface area contributed by atoms with Crippen molar-refractivity contribution in [2.45, 2.75) is 0 Å². The van der Waals surface area contributed by atoms with E-state index in [1.165, 1.54) is 0 Å². The number of fused-ring (bicyclic) bond motifs is 1. The van der Waals surface area contributed by atoms with Crippen LogP contribution in [0, 0.1) is 0 Å². The van der Waals surface area contributed by atoms with Crippen molar-refractivity contribution in [3.63, 3.8) is 0 Å². The molecule has 0 amide bonds. The summed E-state index contributed by atoms with van der Waals surface area (Å²) in [7, 11) is 1.63. The molecule has 0 fully saturated rings. The molecule has 0 radical (unpaired) electrons. The summed E-state index contributed by atoms with van der Waals surface area (Å²) in [6.45, 7) is 0. The van der Waals surface area contributed by atoms with Gasteiger partial charge in [0.2, 0.25) is 0 Å². The first-order chi connectivity index (χ1) is 8.76. The highest BCUT2D eigenvalue weighted by atomic mass is 16.5. The molecule has 3 aromatic rings. The Labute approximate surface area is 104 Å². The third-order valence-corrected chi connectivity index (χ3v) is 2.69. The van der Waals surface area contributed by atoms with Gasteiger partial charge in [-0.05, 0) is 30.3 Å². The Bertz CT molecular complexity index is 705. The third-order valence-electron chi connectivity index (χ3n) is 2.69. The van der Waals surface area contributed by atoms with Crippen LogP contribution in [0.5, 0.6) is 5.75 Å². The monoisotopic (exact) mass is 240 g/mol. The molecule has 2 N–H and O–H groups in total. The molecule has 0 unspecified atom stereocenters. The van der Waals surface area contributed by atoms with E-state index in [1.807, 2.05) is 36.4 Å². The molecule has 2 aromatic carbocycles. The van der Waals surface area contributed by atoms with Crippen molar-refractivity contribution in [3.8, 4) is 11.4 Å². The van der Waals surface area contributed by atoms with Gasteiger partial charge in [-0.2, -0.15) is 4.80 Å². The maximum Gasteiger partial charge on any atom is 0.121 e. The summed E-state index contributed by atoms with van der Waals surface area (Å²) in [5.41, 5.74) is 8.84. The van der Waals surface area contributed by atoms with Crippen LogP contribution >= 0.6 is 0 Å². The third kappa shape index (κ3) is 1.75. The molecule has 0 saturated carbocycles. The minimum Gasteiger partial charge on any atom is -0.497 e. The van der Waals surface area contributed by atoms with Gasteiger partial charge in [0.15, 0.2) is 0 Å². The van der Waals surface area contributed by atoms with Crippen LogP contribution in [0.4, 0.5) is 5.69 Å². The lowest BCUT2D eigenvalue weighted by Crippen LogP contribution is -1.98. The zero-order valence-corrected chi connectivity index (χ0v) is 9.87. The Hall–Kier alpha value is -2.56. The lowest BCUT2D eigenvalue weighted by atomic mass is 10.3. The predicted molar refractivity (Wildman–Crippen MR) is 69.8 cm³/mol. The smallest absolute Gasteiger partial charge is 0.121 e. The number of benzene rings is 2. The van der Waals surface area contributed by atoms with Gasteiger partial charge in [-0.1, -0.05) is 6.07 Å². The maximum atomic E-state index is 5.72. The summed E-state index contributed by atoms with van der Waals surface area (Å²) in [6, 6.07) is 13.1. The van der Waals surface area contributed by atoms with Gasteiger partial charge in [0.05, 0.1) is 12.8 Å². The van der Waals surface area contributed by atoms with E-state index in [4.69, 9.17) is 10.5 Å². The van der Waals surface area contributed by atoms with Crippen LogP contribution in [-0.2, 0) is 0 Å². The lowest BCUT2D eigenvalue weighted by Gasteiger charge is -2.02. The number of nitrogens with zero attached hydrogens (tertiary/aromatic N) is 3. The maximum absolute atomic E-state index is 5.72. The molecule has 0 spiro atoms. The Kier molecular flexibility index (Phi) is 2.37. The largest absolute Gasteiger partial charge is 0.497 e. The van der Waals surface area contributed by atoms with Crippen LogP contribution in [0.15, 0.2) is 42.5 Å². The fourth-order valence-electron chi connectivity index (χ4n) is 1.78. The molecule has 0 aliphatic carbocycles. The number of nitrogen functional groups attached to an aromatic ring is 1. The second kappa shape index (κ2) is 4.03. The minimum absolute atomic E-state index is 0.681. The molecule has 0 aliphatic rings. The number of ether oxygens (including phenoxy) is 1. The molecule has 1 aromatic heterocycles. The van der Waals surface area contributed by atoms with E-state index in [-0.39, 0.29) is 0 Å². The standard InChI is InChI=1S/C13H12N4O/c1-18-11-4-2-3-10(8-11)17-15-12-6-5-9(14)7-13(12)16-17/h2-8H,14H2,1H3. The van der Waals surface area contributed by atoms with Crippen molar-refractivity contribution in [2.24, 2.45) is 0 Å². The predicted octanol–water partition coefficient (Wildman–Crippen LogP) is 2.01. The van der Waals surface area contributed by atoms with E-state index in [1.54, 1.807) is 18.0 Å². The SMILES string of the molecule is COc1cccc(-n2nc3ccc(N)cc3n2)c1. The zero-order valence-electron chi connectivity index (χ0n) is 9.87. The van der Waals surface area contributed by atoms with Crippen LogP contribution in [0.2, 0.25) is 0 Å². The Balaban J connectivity index is 2.13. The molecule has 5 heteroatoms. The molecule has 1 heterocycles. The summed E-state index contributed by atoms with van der Waals surface area (Å²) >= 11 is 0. The minimum atomic E-state index is 0.681. The van der Waals surface area contributed by atoms with Crippen LogP contribution < -0.4 is 10.5 Å². The Morgan fingerprint density at radius 1 is 1.06 bits per heavy atom. The van der Waals surface area contributed by atoms with Crippen LogP contribution in [0.3, 0.4) is 0 Å². The first kappa shape index (κ1) is 10.6. The number of hydrogen-bond acceptors (Lipinski definition) is 4. The van der Waals surface area contributed by atoms with Crippen molar-refractivity contribution in [2.75, 3.05) is 12.8 Å². The number of aromatic nitrogens is 3. The summed E-state index contributed by atoms with van der Waals surface area (Å²) in [5, 5.41) is 8.78. The first-order valence-corrected chi connectivity index (χ1v) is 5.53. The van der Waals surface area contributed by atoms with Crippen LogP contribution in [-0.4, -0.2) is 22.1 Å². The van der Waals surface area contributed by atoms with E-state index in [0.29, 0.717) is 5.69 Å². The highest BCUT2D eigenvalue weighted by Crippen LogP contribution is 2.18. The van der Waals surface area contributed by atoms with Crippen LogP contribution in [0.25, 0.3) is 16.7 Å². The van der Waals surface area contributed by atoms with Crippen molar-refractivity contribution in [1.82, 2.24) is 15.0 Å². The van der Waals surface area contributed by atoms with Gasteiger partial charge in [0.25, 0.3) is 0 Å². The normalized spacial score (nSPS) is 10.7. The highest BCUT2D eigenvalue weighted by molar-refractivity contribution is 5.77. The van der Waals surface area contributed by atoms with E-state index in [0.717, 1.165) is 22.5 Å². The van der Waals surface area contributed by atoms with Crippen molar-refractivity contribution in [3.05, 3.63) is 42.5 Å². The molecular weight excluding hydrogens is 228 g/mol. The molecule has 0 saturated heterocycles. The fraction of sp³-hybridized carbons (Fsp3) is 0.0769. The summed E-state index contributed by atoms with van der Waals surface area (Å²) in [5.74, 6) is 0.772. The molecule has 3 rings (SSSR count). The quantitative estimate of drug-likeness (QED) is 0.696. The summed E-state index contributed by atoms with van der Waals surface area (Å²) < 4.78 is 5.18. The molecule has 5 nitrogen and oxygen atoms in total. The summed E-state index contributed by atoms with van der Waals surface area (Å²) in [4.78, 5) is 1.58. The van der Waals surface area contributed by atoms with Gasteiger partial charge in [0, 0.05) is 11.8 Å². The van der Waals surface area contributed by atoms with Gasteiger partial charge in [0.1, 0.15) is 16.8 Å². The molecule has 0 atom stereocenters.